The first-order chi connectivity index (χ1) is 7.83. The first kappa shape index (κ1) is 9.09. The van der Waals surface area contributed by atoms with Crippen molar-refractivity contribution in [1.82, 2.24) is 15.0 Å². The van der Waals surface area contributed by atoms with Crippen LogP contribution in [0.25, 0.3) is 22.3 Å². The number of rotatable bonds is 1. The first-order valence-electron chi connectivity index (χ1n) is 5.20. The molecule has 1 N–H and O–H groups in total. The Morgan fingerprint density at radius 1 is 1.06 bits per heavy atom. The third-order valence-electron chi connectivity index (χ3n) is 2.59. The maximum atomic E-state index is 4.35. The quantitative estimate of drug-likeness (QED) is 0.669. The van der Waals surface area contributed by atoms with Crippen molar-refractivity contribution in [2.75, 3.05) is 0 Å². The van der Waals surface area contributed by atoms with E-state index in [4.69, 9.17) is 0 Å². The second-order valence-electron chi connectivity index (χ2n) is 3.81. The van der Waals surface area contributed by atoms with Crippen LogP contribution < -0.4 is 0 Å². The van der Waals surface area contributed by atoms with Crippen LogP contribution in [-0.4, -0.2) is 15.0 Å². The van der Waals surface area contributed by atoms with Crippen molar-refractivity contribution in [3.63, 3.8) is 0 Å². The molecule has 0 fully saturated rings. The number of aryl methyl sites for hydroxylation is 1. The average Bonchev–Trinajstić information content (AvgIpc) is 2.73. The van der Waals surface area contributed by atoms with Gasteiger partial charge in [0, 0.05) is 17.1 Å². The smallest absolute Gasteiger partial charge is 0.105 e. The van der Waals surface area contributed by atoms with E-state index in [9.17, 15) is 0 Å². The average molecular weight is 209 g/mol. The van der Waals surface area contributed by atoms with E-state index in [1.807, 2.05) is 19.1 Å². The van der Waals surface area contributed by atoms with Gasteiger partial charge < -0.3 is 4.98 Å². The summed E-state index contributed by atoms with van der Waals surface area (Å²) in [4.78, 5) is 11.9. The van der Waals surface area contributed by atoms with E-state index < -0.39 is 0 Å². The van der Waals surface area contributed by atoms with Crippen molar-refractivity contribution in [3.05, 3.63) is 48.4 Å². The van der Waals surface area contributed by atoms with E-state index in [0.717, 1.165) is 22.6 Å². The van der Waals surface area contributed by atoms with Gasteiger partial charge in [-0.25, -0.2) is 0 Å². The summed E-state index contributed by atoms with van der Waals surface area (Å²) < 4.78 is 0. The summed E-state index contributed by atoms with van der Waals surface area (Å²) >= 11 is 0. The molecule has 1 aromatic carbocycles. The molecule has 0 saturated carbocycles. The lowest BCUT2D eigenvalue weighted by atomic mass is 10.2. The molecule has 0 aliphatic rings. The molecule has 0 aliphatic heterocycles. The summed E-state index contributed by atoms with van der Waals surface area (Å²) in [6, 6.07) is 10.3. The van der Waals surface area contributed by atoms with Gasteiger partial charge in [0.1, 0.15) is 5.69 Å². The maximum absolute atomic E-state index is 4.35. The molecule has 0 spiro atoms. The lowest BCUT2D eigenvalue weighted by Crippen LogP contribution is -1.87. The summed E-state index contributed by atoms with van der Waals surface area (Å²) in [5.41, 5.74) is 3.94. The fourth-order valence-corrected chi connectivity index (χ4v) is 1.74. The molecule has 0 saturated heterocycles. The van der Waals surface area contributed by atoms with Crippen molar-refractivity contribution in [1.29, 1.82) is 0 Å². The molecular weight excluding hydrogens is 198 g/mol. The molecule has 0 unspecified atom stereocenters. The van der Waals surface area contributed by atoms with Crippen LogP contribution in [0.4, 0.5) is 0 Å². The number of para-hydroxylation sites is 1. The van der Waals surface area contributed by atoms with Crippen LogP contribution in [0.3, 0.4) is 0 Å². The molecule has 3 heteroatoms. The number of hydrogen-bond acceptors (Lipinski definition) is 2. The van der Waals surface area contributed by atoms with Gasteiger partial charge in [-0.3, -0.25) is 9.97 Å². The normalized spacial score (nSPS) is 10.8. The first-order valence-corrected chi connectivity index (χ1v) is 5.20. The number of H-pyrrole nitrogens is 1. The molecule has 0 atom stereocenters. The Morgan fingerprint density at radius 2 is 1.94 bits per heavy atom. The standard InChI is InChI=1S/C13H11N3/c1-9-7-15-13(8-14-9)12-6-10-4-2-3-5-11(10)16-12/h2-8,16H,1H3. The van der Waals surface area contributed by atoms with Gasteiger partial charge in [-0.15, -0.1) is 0 Å². The maximum Gasteiger partial charge on any atom is 0.105 e. The van der Waals surface area contributed by atoms with E-state index in [1.54, 1.807) is 12.4 Å². The van der Waals surface area contributed by atoms with Crippen molar-refractivity contribution in [2.24, 2.45) is 0 Å². The second-order valence-corrected chi connectivity index (χ2v) is 3.81. The van der Waals surface area contributed by atoms with E-state index in [0.29, 0.717) is 0 Å². The van der Waals surface area contributed by atoms with Gasteiger partial charge in [0.15, 0.2) is 0 Å². The van der Waals surface area contributed by atoms with Gasteiger partial charge in [-0.05, 0) is 19.1 Å². The van der Waals surface area contributed by atoms with Crippen LogP contribution in [0.15, 0.2) is 42.7 Å². The molecule has 0 radical (unpaired) electrons. The minimum Gasteiger partial charge on any atom is -0.353 e. The molecule has 3 nitrogen and oxygen atoms in total. The Bertz CT molecular complexity index is 590. The highest BCUT2D eigenvalue weighted by molar-refractivity contribution is 5.84. The molecule has 16 heavy (non-hydrogen) atoms. The minimum atomic E-state index is 0.877. The Labute approximate surface area is 93.2 Å². The zero-order valence-electron chi connectivity index (χ0n) is 8.94. The Balaban J connectivity index is 2.15. The summed E-state index contributed by atoms with van der Waals surface area (Å²) in [6.45, 7) is 1.93. The van der Waals surface area contributed by atoms with E-state index in [-0.39, 0.29) is 0 Å². The number of nitrogens with one attached hydrogen (secondary N) is 1. The van der Waals surface area contributed by atoms with Crippen LogP contribution in [-0.2, 0) is 0 Å². The fourth-order valence-electron chi connectivity index (χ4n) is 1.74. The third kappa shape index (κ3) is 1.46. The highest BCUT2D eigenvalue weighted by Gasteiger charge is 2.03. The molecule has 2 aromatic heterocycles. The Morgan fingerprint density at radius 3 is 2.69 bits per heavy atom. The van der Waals surface area contributed by atoms with Crippen molar-refractivity contribution in [3.8, 4) is 11.4 Å². The third-order valence-corrected chi connectivity index (χ3v) is 2.59. The Hall–Kier alpha value is -2.16. The van der Waals surface area contributed by atoms with Crippen molar-refractivity contribution < 1.29 is 0 Å². The molecule has 78 valence electrons. The van der Waals surface area contributed by atoms with E-state index >= 15 is 0 Å². The lowest BCUT2D eigenvalue weighted by Gasteiger charge is -1.96. The zero-order chi connectivity index (χ0) is 11.0. The summed E-state index contributed by atoms with van der Waals surface area (Å²) in [5, 5.41) is 1.19. The highest BCUT2D eigenvalue weighted by atomic mass is 14.8. The minimum absolute atomic E-state index is 0.877. The number of aromatic nitrogens is 3. The molecule has 2 heterocycles. The second kappa shape index (κ2) is 3.45. The van der Waals surface area contributed by atoms with Crippen LogP contribution in [0.1, 0.15) is 5.69 Å². The zero-order valence-corrected chi connectivity index (χ0v) is 8.94. The number of benzene rings is 1. The summed E-state index contributed by atoms with van der Waals surface area (Å²) in [6.07, 6.45) is 3.57. The van der Waals surface area contributed by atoms with Crippen molar-refractivity contribution in [2.45, 2.75) is 6.92 Å². The largest absolute Gasteiger partial charge is 0.353 e. The molecule has 3 aromatic rings. The van der Waals surface area contributed by atoms with Crippen LogP contribution in [0.5, 0.6) is 0 Å². The fraction of sp³-hybridized carbons (Fsp3) is 0.0769. The van der Waals surface area contributed by atoms with Crippen LogP contribution in [0, 0.1) is 6.92 Å². The predicted molar refractivity (Wildman–Crippen MR) is 64.1 cm³/mol. The number of hydrogen-bond donors (Lipinski definition) is 1. The van der Waals surface area contributed by atoms with E-state index in [1.165, 1.54) is 5.39 Å². The van der Waals surface area contributed by atoms with Crippen molar-refractivity contribution >= 4 is 10.9 Å². The van der Waals surface area contributed by atoms with Gasteiger partial charge in [0.2, 0.25) is 0 Å². The van der Waals surface area contributed by atoms with Gasteiger partial charge in [-0.1, -0.05) is 18.2 Å². The van der Waals surface area contributed by atoms with Gasteiger partial charge in [0.05, 0.1) is 17.6 Å². The monoisotopic (exact) mass is 209 g/mol. The topological polar surface area (TPSA) is 41.6 Å². The van der Waals surface area contributed by atoms with E-state index in [2.05, 4.69) is 33.2 Å². The lowest BCUT2D eigenvalue weighted by molar-refractivity contribution is 1.12. The predicted octanol–water partition coefficient (Wildman–Crippen LogP) is 2.93. The Kier molecular flexibility index (Phi) is 1.96. The molecule has 0 bridgehead atoms. The molecular formula is C13H11N3. The van der Waals surface area contributed by atoms with Gasteiger partial charge >= 0.3 is 0 Å². The summed E-state index contributed by atoms with van der Waals surface area (Å²) in [7, 11) is 0. The number of aromatic amines is 1. The highest BCUT2D eigenvalue weighted by Crippen LogP contribution is 2.21. The molecule has 3 rings (SSSR count). The number of nitrogens with zero attached hydrogens (tertiary/aromatic N) is 2. The van der Waals surface area contributed by atoms with Gasteiger partial charge in [0.25, 0.3) is 0 Å². The van der Waals surface area contributed by atoms with Crippen LogP contribution in [0.2, 0.25) is 0 Å². The SMILES string of the molecule is Cc1cnc(-c2cc3ccccc3[nH]2)cn1. The van der Waals surface area contributed by atoms with Gasteiger partial charge in [-0.2, -0.15) is 0 Å². The molecule has 0 aliphatic carbocycles. The molecule has 0 amide bonds. The summed E-state index contributed by atoms with van der Waals surface area (Å²) in [5.74, 6) is 0. The number of fused-ring (bicyclic) bond motifs is 1. The van der Waals surface area contributed by atoms with Crippen LogP contribution >= 0.6 is 0 Å².